The second-order valence-corrected chi connectivity index (χ2v) is 4.61. The molecule has 0 aromatic carbocycles. The van der Waals surface area contributed by atoms with E-state index in [0.29, 0.717) is 0 Å². The number of rotatable bonds is 7. The molecule has 0 heterocycles. The highest BCUT2D eigenvalue weighted by molar-refractivity contribution is 5.82. The smallest absolute Gasteiger partial charge is 0.326 e. The van der Waals surface area contributed by atoms with Crippen LogP contribution in [-0.2, 0) is 4.79 Å². The molecule has 96 valence electrons. The van der Waals surface area contributed by atoms with Gasteiger partial charge in [-0.3, -0.25) is 0 Å². The Kier molecular flexibility index (Phi) is 5.00. The molecular formula is C12H20N2O3. The first-order chi connectivity index (χ1) is 8.02. The van der Waals surface area contributed by atoms with Crippen molar-refractivity contribution in [3.8, 4) is 0 Å². The van der Waals surface area contributed by atoms with Crippen LogP contribution in [0.3, 0.4) is 0 Å². The molecule has 1 aliphatic carbocycles. The Morgan fingerprint density at radius 1 is 1.47 bits per heavy atom. The summed E-state index contributed by atoms with van der Waals surface area (Å²) in [6, 6.07) is -1.24. The van der Waals surface area contributed by atoms with Crippen LogP contribution in [0.2, 0.25) is 0 Å². The molecule has 5 nitrogen and oxygen atoms in total. The Labute approximate surface area is 101 Å². The van der Waals surface area contributed by atoms with Crippen LogP contribution < -0.4 is 10.6 Å². The van der Waals surface area contributed by atoms with Gasteiger partial charge in [0.1, 0.15) is 6.04 Å². The van der Waals surface area contributed by atoms with Crippen molar-refractivity contribution in [3.05, 3.63) is 12.7 Å². The first kappa shape index (κ1) is 13.5. The fourth-order valence-electron chi connectivity index (χ4n) is 1.72. The summed E-state index contributed by atoms with van der Waals surface area (Å²) in [7, 11) is 0. The van der Waals surface area contributed by atoms with Crippen LogP contribution in [0, 0.1) is 5.92 Å². The lowest BCUT2D eigenvalue weighted by molar-refractivity contribution is -0.139. The molecule has 0 saturated heterocycles. The van der Waals surface area contributed by atoms with Gasteiger partial charge < -0.3 is 15.7 Å². The van der Waals surface area contributed by atoms with E-state index < -0.39 is 18.0 Å². The topological polar surface area (TPSA) is 78.4 Å². The zero-order valence-electron chi connectivity index (χ0n) is 10.1. The van der Waals surface area contributed by atoms with Crippen molar-refractivity contribution >= 4 is 12.0 Å². The Bertz CT molecular complexity index is 300. The van der Waals surface area contributed by atoms with Crippen molar-refractivity contribution in [3.63, 3.8) is 0 Å². The summed E-state index contributed by atoms with van der Waals surface area (Å²) in [5.74, 6) is -0.316. The highest BCUT2D eigenvalue weighted by atomic mass is 16.4. The van der Waals surface area contributed by atoms with Gasteiger partial charge in [0.05, 0.1) is 0 Å². The molecule has 2 amide bonds. The zero-order valence-corrected chi connectivity index (χ0v) is 10.1. The van der Waals surface area contributed by atoms with Crippen LogP contribution in [0.25, 0.3) is 0 Å². The lowest BCUT2D eigenvalue weighted by Crippen LogP contribution is -2.48. The average molecular weight is 240 g/mol. The lowest BCUT2D eigenvalue weighted by Gasteiger charge is -2.17. The Morgan fingerprint density at radius 2 is 2.12 bits per heavy atom. The Morgan fingerprint density at radius 3 is 2.59 bits per heavy atom. The van der Waals surface area contributed by atoms with Gasteiger partial charge in [0.2, 0.25) is 0 Å². The van der Waals surface area contributed by atoms with Crippen molar-refractivity contribution in [2.45, 2.75) is 44.7 Å². The van der Waals surface area contributed by atoms with Gasteiger partial charge in [0.15, 0.2) is 0 Å². The van der Waals surface area contributed by atoms with E-state index in [0.717, 1.165) is 12.3 Å². The molecule has 0 aromatic heterocycles. The molecule has 0 aliphatic heterocycles. The molecule has 2 unspecified atom stereocenters. The first-order valence-electron chi connectivity index (χ1n) is 5.93. The molecule has 1 rings (SSSR count). The molecule has 0 radical (unpaired) electrons. The maximum Gasteiger partial charge on any atom is 0.326 e. The molecule has 0 aromatic rings. The predicted octanol–water partition coefficient (Wildman–Crippen LogP) is 1.50. The fraction of sp³-hybridized carbons (Fsp3) is 0.667. The van der Waals surface area contributed by atoms with Crippen molar-refractivity contribution < 1.29 is 14.7 Å². The van der Waals surface area contributed by atoms with Crippen LogP contribution in [-0.4, -0.2) is 29.2 Å². The van der Waals surface area contributed by atoms with Crippen LogP contribution in [0.15, 0.2) is 12.7 Å². The molecule has 17 heavy (non-hydrogen) atoms. The molecule has 1 aliphatic rings. The van der Waals surface area contributed by atoms with E-state index in [9.17, 15) is 9.59 Å². The van der Waals surface area contributed by atoms with E-state index in [2.05, 4.69) is 17.2 Å². The monoisotopic (exact) mass is 240 g/mol. The highest BCUT2D eigenvalue weighted by Crippen LogP contribution is 2.33. The fourth-order valence-corrected chi connectivity index (χ4v) is 1.72. The molecule has 0 spiro atoms. The average Bonchev–Trinajstić information content (AvgIpc) is 3.00. The molecule has 0 bridgehead atoms. The van der Waals surface area contributed by atoms with Crippen molar-refractivity contribution in [1.82, 2.24) is 10.6 Å². The van der Waals surface area contributed by atoms with E-state index in [1.54, 1.807) is 0 Å². The van der Waals surface area contributed by atoms with Gasteiger partial charge in [-0.1, -0.05) is 18.9 Å². The minimum absolute atomic E-state index is 0.0840. The standard InChI is InChI=1S/C12H20N2O3/c1-3-4-10(11(15)16)14-12(17)13-8(2)7-9-5-6-9/h3,8-10H,1,4-7H2,2H3,(H,15,16)(H2,13,14,17). The summed E-state index contributed by atoms with van der Waals surface area (Å²) in [6.07, 6.45) is 5.14. The number of aliphatic carboxylic acids is 1. The maximum absolute atomic E-state index is 11.5. The summed E-state index contributed by atoms with van der Waals surface area (Å²) in [5.41, 5.74) is 0. The highest BCUT2D eigenvalue weighted by Gasteiger charge is 2.25. The molecule has 1 fully saturated rings. The van der Waals surface area contributed by atoms with E-state index in [-0.39, 0.29) is 12.5 Å². The number of hydrogen-bond acceptors (Lipinski definition) is 2. The van der Waals surface area contributed by atoms with Gasteiger partial charge in [0.25, 0.3) is 0 Å². The molecule has 5 heteroatoms. The maximum atomic E-state index is 11.5. The summed E-state index contributed by atoms with van der Waals surface area (Å²) >= 11 is 0. The minimum Gasteiger partial charge on any atom is -0.480 e. The SMILES string of the molecule is C=CCC(NC(=O)NC(C)CC1CC1)C(=O)O. The molecule has 2 atom stereocenters. The first-order valence-corrected chi connectivity index (χ1v) is 5.93. The van der Waals surface area contributed by atoms with Gasteiger partial charge in [-0.2, -0.15) is 0 Å². The van der Waals surface area contributed by atoms with E-state index in [4.69, 9.17) is 5.11 Å². The largest absolute Gasteiger partial charge is 0.480 e. The number of amides is 2. The number of carboxylic acids is 1. The summed E-state index contributed by atoms with van der Waals surface area (Å²) < 4.78 is 0. The molecule has 3 N–H and O–H groups in total. The minimum atomic E-state index is -1.05. The van der Waals surface area contributed by atoms with E-state index in [1.807, 2.05) is 6.92 Å². The number of nitrogens with one attached hydrogen (secondary N) is 2. The van der Waals surface area contributed by atoms with Crippen molar-refractivity contribution in [2.75, 3.05) is 0 Å². The Hall–Kier alpha value is -1.52. The zero-order chi connectivity index (χ0) is 12.8. The number of hydrogen-bond donors (Lipinski definition) is 3. The quantitative estimate of drug-likeness (QED) is 0.590. The summed E-state index contributed by atoms with van der Waals surface area (Å²) in [6.45, 7) is 5.40. The number of carbonyl (C=O) groups excluding carboxylic acids is 1. The van der Waals surface area contributed by atoms with E-state index >= 15 is 0 Å². The van der Waals surface area contributed by atoms with Gasteiger partial charge in [-0.05, 0) is 25.7 Å². The summed E-state index contributed by atoms with van der Waals surface area (Å²) in [4.78, 5) is 22.3. The van der Waals surface area contributed by atoms with Crippen molar-refractivity contribution in [2.24, 2.45) is 5.92 Å². The molecule has 1 saturated carbocycles. The summed E-state index contributed by atoms with van der Waals surface area (Å²) in [5, 5.41) is 14.0. The lowest BCUT2D eigenvalue weighted by atomic mass is 10.1. The number of urea groups is 1. The third kappa shape index (κ3) is 5.38. The predicted molar refractivity (Wildman–Crippen MR) is 64.7 cm³/mol. The van der Waals surface area contributed by atoms with E-state index in [1.165, 1.54) is 18.9 Å². The van der Waals surface area contributed by atoms with Gasteiger partial charge >= 0.3 is 12.0 Å². The second kappa shape index (κ2) is 6.27. The molecular weight excluding hydrogens is 220 g/mol. The second-order valence-electron chi connectivity index (χ2n) is 4.61. The van der Waals surface area contributed by atoms with Crippen LogP contribution >= 0.6 is 0 Å². The normalized spacial score (nSPS) is 17.9. The van der Waals surface area contributed by atoms with Crippen LogP contribution in [0.1, 0.15) is 32.6 Å². The third-order valence-electron chi connectivity index (χ3n) is 2.77. The number of carboxylic acid groups (broad SMARTS) is 1. The van der Waals surface area contributed by atoms with Gasteiger partial charge in [-0.25, -0.2) is 9.59 Å². The van der Waals surface area contributed by atoms with Gasteiger partial charge in [0, 0.05) is 6.04 Å². The van der Waals surface area contributed by atoms with Crippen LogP contribution in [0.5, 0.6) is 0 Å². The number of carbonyl (C=O) groups is 2. The third-order valence-corrected chi connectivity index (χ3v) is 2.77. The van der Waals surface area contributed by atoms with Crippen molar-refractivity contribution in [1.29, 1.82) is 0 Å². The van der Waals surface area contributed by atoms with Crippen LogP contribution in [0.4, 0.5) is 4.79 Å². The van der Waals surface area contributed by atoms with Gasteiger partial charge in [-0.15, -0.1) is 6.58 Å². The Balaban J connectivity index is 2.29.